The van der Waals surface area contributed by atoms with Crippen molar-refractivity contribution < 1.29 is 9.18 Å². The number of carbonyl (C=O) groups excluding carboxylic acids is 1. The highest BCUT2D eigenvalue weighted by molar-refractivity contribution is 6.03. The lowest BCUT2D eigenvalue weighted by Crippen LogP contribution is -2.21. The van der Waals surface area contributed by atoms with Crippen LogP contribution >= 0.6 is 0 Å². The summed E-state index contributed by atoms with van der Waals surface area (Å²) in [5.74, 6) is -0.313. The maximum atomic E-state index is 13.0. The van der Waals surface area contributed by atoms with E-state index in [2.05, 4.69) is 51.5 Å². The fraction of sp³-hybridized carbons (Fsp3) is 0.227. The van der Waals surface area contributed by atoms with Crippen molar-refractivity contribution in [2.24, 2.45) is 0 Å². The normalized spacial score (nSPS) is 10.5. The SMILES string of the molecule is CCN(CC)c1ccc(Nc2ncc(C(=O)Nc3ccc(F)cc3)cn2)c(C)c1. The van der Waals surface area contributed by atoms with E-state index in [-0.39, 0.29) is 11.7 Å². The third kappa shape index (κ3) is 5.07. The maximum absolute atomic E-state index is 13.0. The highest BCUT2D eigenvalue weighted by atomic mass is 19.1. The highest BCUT2D eigenvalue weighted by Gasteiger charge is 2.10. The molecular formula is C22H24FN5O. The number of anilines is 4. The van der Waals surface area contributed by atoms with Gasteiger partial charge in [-0.25, -0.2) is 14.4 Å². The van der Waals surface area contributed by atoms with Gasteiger partial charge >= 0.3 is 0 Å². The topological polar surface area (TPSA) is 70.2 Å². The Hall–Kier alpha value is -3.48. The first kappa shape index (κ1) is 20.3. The third-order valence-electron chi connectivity index (χ3n) is 4.60. The van der Waals surface area contributed by atoms with Gasteiger partial charge in [-0.15, -0.1) is 0 Å². The number of halogens is 1. The summed E-state index contributed by atoms with van der Waals surface area (Å²) >= 11 is 0. The van der Waals surface area contributed by atoms with E-state index in [1.807, 2.05) is 13.0 Å². The van der Waals surface area contributed by atoms with Crippen LogP contribution in [0.1, 0.15) is 29.8 Å². The molecule has 0 fully saturated rings. The first-order valence-electron chi connectivity index (χ1n) is 9.51. The highest BCUT2D eigenvalue weighted by Crippen LogP contribution is 2.24. The van der Waals surface area contributed by atoms with Crippen LogP contribution in [0.5, 0.6) is 0 Å². The molecule has 0 saturated heterocycles. The van der Waals surface area contributed by atoms with E-state index in [9.17, 15) is 9.18 Å². The van der Waals surface area contributed by atoms with Crippen LogP contribution in [-0.2, 0) is 0 Å². The molecule has 0 radical (unpaired) electrons. The van der Waals surface area contributed by atoms with E-state index in [0.29, 0.717) is 17.2 Å². The van der Waals surface area contributed by atoms with E-state index >= 15 is 0 Å². The average molecular weight is 393 g/mol. The Kier molecular flexibility index (Phi) is 6.39. The Morgan fingerprint density at radius 2 is 1.69 bits per heavy atom. The number of amides is 1. The number of rotatable bonds is 7. The molecule has 0 aliphatic carbocycles. The van der Waals surface area contributed by atoms with E-state index in [4.69, 9.17) is 0 Å². The molecule has 0 aliphatic rings. The number of nitrogens with one attached hydrogen (secondary N) is 2. The van der Waals surface area contributed by atoms with Crippen molar-refractivity contribution in [2.45, 2.75) is 20.8 Å². The fourth-order valence-corrected chi connectivity index (χ4v) is 2.94. The van der Waals surface area contributed by atoms with Gasteiger partial charge in [-0.05, 0) is 68.8 Å². The Bertz CT molecular complexity index is 969. The zero-order valence-electron chi connectivity index (χ0n) is 16.7. The molecule has 0 unspecified atom stereocenters. The summed E-state index contributed by atoms with van der Waals surface area (Å²) in [6, 6.07) is 11.7. The van der Waals surface area contributed by atoms with Crippen LogP contribution in [-0.4, -0.2) is 29.0 Å². The summed E-state index contributed by atoms with van der Waals surface area (Å²) in [6.45, 7) is 8.19. The molecule has 1 aromatic heterocycles. The lowest BCUT2D eigenvalue weighted by atomic mass is 10.1. The molecule has 3 rings (SSSR count). The quantitative estimate of drug-likeness (QED) is 0.605. The van der Waals surface area contributed by atoms with Crippen molar-refractivity contribution in [3.05, 3.63) is 71.8 Å². The summed E-state index contributed by atoms with van der Waals surface area (Å²) < 4.78 is 13.0. The number of benzene rings is 2. The molecule has 0 spiro atoms. The molecule has 29 heavy (non-hydrogen) atoms. The Morgan fingerprint density at radius 3 is 2.28 bits per heavy atom. The molecule has 0 atom stereocenters. The van der Waals surface area contributed by atoms with Crippen LogP contribution in [0.2, 0.25) is 0 Å². The van der Waals surface area contributed by atoms with Crippen molar-refractivity contribution in [1.82, 2.24) is 9.97 Å². The lowest BCUT2D eigenvalue weighted by Gasteiger charge is -2.22. The van der Waals surface area contributed by atoms with Gasteiger partial charge < -0.3 is 15.5 Å². The van der Waals surface area contributed by atoms with Crippen molar-refractivity contribution in [1.29, 1.82) is 0 Å². The predicted octanol–water partition coefficient (Wildman–Crippen LogP) is 4.77. The lowest BCUT2D eigenvalue weighted by molar-refractivity contribution is 0.102. The molecule has 6 nitrogen and oxygen atoms in total. The van der Waals surface area contributed by atoms with E-state index in [0.717, 1.165) is 24.3 Å². The Labute approximate surface area is 169 Å². The standard InChI is InChI=1S/C22H24FN5O/c1-4-28(5-2)19-10-11-20(15(3)12-19)27-22-24-13-16(14-25-22)21(29)26-18-8-6-17(23)7-9-18/h6-14H,4-5H2,1-3H3,(H,26,29)(H,24,25,27). The average Bonchev–Trinajstić information content (AvgIpc) is 2.73. The van der Waals surface area contributed by atoms with Crippen molar-refractivity contribution in [2.75, 3.05) is 28.6 Å². The van der Waals surface area contributed by atoms with Gasteiger partial charge in [0.15, 0.2) is 0 Å². The molecule has 3 aromatic rings. The fourth-order valence-electron chi connectivity index (χ4n) is 2.94. The molecule has 2 aromatic carbocycles. The molecule has 0 bridgehead atoms. The van der Waals surface area contributed by atoms with Crippen molar-refractivity contribution in [3.8, 4) is 0 Å². The minimum Gasteiger partial charge on any atom is -0.372 e. The van der Waals surface area contributed by atoms with Gasteiger partial charge in [0.05, 0.1) is 5.56 Å². The van der Waals surface area contributed by atoms with Gasteiger partial charge in [-0.2, -0.15) is 0 Å². The van der Waals surface area contributed by atoms with Gasteiger partial charge in [0, 0.05) is 42.5 Å². The smallest absolute Gasteiger partial charge is 0.258 e. The molecule has 1 amide bonds. The summed E-state index contributed by atoms with van der Waals surface area (Å²) in [4.78, 5) is 23.0. The zero-order chi connectivity index (χ0) is 20.8. The Balaban J connectivity index is 1.67. The monoisotopic (exact) mass is 393 g/mol. The molecule has 0 saturated carbocycles. The number of carbonyl (C=O) groups is 1. The van der Waals surface area contributed by atoms with Gasteiger partial charge in [0.25, 0.3) is 5.91 Å². The van der Waals surface area contributed by atoms with E-state index in [1.165, 1.54) is 42.3 Å². The van der Waals surface area contributed by atoms with Crippen LogP contribution < -0.4 is 15.5 Å². The predicted molar refractivity (Wildman–Crippen MR) is 114 cm³/mol. The number of aromatic nitrogens is 2. The van der Waals surface area contributed by atoms with Crippen LogP contribution in [0.4, 0.5) is 27.4 Å². The van der Waals surface area contributed by atoms with Gasteiger partial charge in [-0.3, -0.25) is 4.79 Å². The van der Waals surface area contributed by atoms with E-state index < -0.39 is 0 Å². The van der Waals surface area contributed by atoms with Gasteiger partial charge in [0.1, 0.15) is 5.82 Å². The summed E-state index contributed by atoms with van der Waals surface area (Å²) in [5, 5.41) is 5.86. The third-order valence-corrected chi connectivity index (χ3v) is 4.60. The Morgan fingerprint density at radius 1 is 1.03 bits per heavy atom. The largest absolute Gasteiger partial charge is 0.372 e. The second-order valence-corrected chi connectivity index (χ2v) is 6.55. The van der Waals surface area contributed by atoms with Crippen molar-refractivity contribution in [3.63, 3.8) is 0 Å². The van der Waals surface area contributed by atoms with Crippen LogP contribution in [0.25, 0.3) is 0 Å². The molecule has 150 valence electrons. The molecular weight excluding hydrogens is 369 g/mol. The van der Waals surface area contributed by atoms with E-state index in [1.54, 1.807) is 0 Å². The van der Waals surface area contributed by atoms with Gasteiger partial charge in [-0.1, -0.05) is 0 Å². The number of nitrogens with zero attached hydrogens (tertiary/aromatic N) is 3. The zero-order valence-corrected chi connectivity index (χ0v) is 16.7. The summed E-state index contributed by atoms with van der Waals surface area (Å²) in [6.07, 6.45) is 2.90. The van der Waals surface area contributed by atoms with Crippen molar-refractivity contribution >= 4 is 28.9 Å². The molecule has 0 aliphatic heterocycles. The number of hydrogen-bond donors (Lipinski definition) is 2. The number of aryl methyl sites for hydroxylation is 1. The second kappa shape index (κ2) is 9.14. The van der Waals surface area contributed by atoms with Crippen LogP contribution in [0.3, 0.4) is 0 Å². The minimum absolute atomic E-state index is 0.313. The molecule has 1 heterocycles. The molecule has 7 heteroatoms. The van der Waals surface area contributed by atoms with Gasteiger partial charge in [0.2, 0.25) is 5.95 Å². The number of hydrogen-bond acceptors (Lipinski definition) is 5. The van der Waals surface area contributed by atoms with Crippen LogP contribution in [0.15, 0.2) is 54.9 Å². The maximum Gasteiger partial charge on any atom is 0.258 e. The summed E-state index contributed by atoms with van der Waals surface area (Å²) in [7, 11) is 0. The molecule has 2 N–H and O–H groups in total. The first-order chi connectivity index (χ1) is 14.0. The second-order valence-electron chi connectivity index (χ2n) is 6.55. The summed E-state index contributed by atoms with van der Waals surface area (Å²) in [5.41, 5.74) is 3.98. The minimum atomic E-state index is -0.359. The first-order valence-corrected chi connectivity index (χ1v) is 9.51. The van der Waals surface area contributed by atoms with Crippen LogP contribution in [0, 0.1) is 12.7 Å².